The summed E-state index contributed by atoms with van der Waals surface area (Å²) in [5, 5.41) is 0.235. The van der Waals surface area contributed by atoms with E-state index in [0.717, 1.165) is 0 Å². The van der Waals surface area contributed by atoms with E-state index in [2.05, 4.69) is 31.9 Å². The van der Waals surface area contributed by atoms with Gasteiger partial charge >= 0.3 is 5.51 Å². The number of carbonyl (C=O) groups is 1. The monoisotopic (exact) mass is 390 g/mol. The largest absolute Gasteiger partial charge is 0.446 e. The number of hydrogen-bond acceptors (Lipinski definition) is 2. The molecule has 0 aliphatic rings. The Hall–Kier alpha value is -0.0100. The molecule has 1 rings (SSSR count). The topological polar surface area (TPSA) is 17.1 Å². The molecule has 0 saturated carbocycles. The van der Waals surface area contributed by atoms with Gasteiger partial charge in [0.25, 0.3) is 0 Å². The summed E-state index contributed by atoms with van der Waals surface area (Å²) >= 11 is 6.02. The van der Waals surface area contributed by atoms with Crippen molar-refractivity contribution in [1.82, 2.24) is 0 Å². The molecule has 0 spiro atoms. The highest BCUT2D eigenvalue weighted by Gasteiger charge is 2.29. The fourth-order valence-corrected chi connectivity index (χ4v) is 2.58. The van der Waals surface area contributed by atoms with Crippen LogP contribution < -0.4 is 0 Å². The summed E-state index contributed by atoms with van der Waals surface area (Å²) in [6.45, 7) is 0. The molecule has 0 atom stereocenters. The second kappa shape index (κ2) is 6.24. The molecule has 0 heterocycles. The molecule has 7 heteroatoms. The second-order valence-corrected chi connectivity index (χ2v) is 5.70. The normalized spacial score (nSPS) is 11.6. The fourth-order valence-electron chi connectivity index (χ4n) is 1.13. The zero-order valence-corrected chi connectivity index (χ0v) is 12.3. The number of rotatable bonds is 4. The van der Waals surface area contributed by atoms with Crippen LogP contribution in [-0.4, -0.2) is 16.6 Å². The lowest BCUT2D eigenvalue weighted by atomic mass is 10.1. The maximum absolute atomic E-state index is 12.1. The Kier molecular flexibility index (Phi) is 5.53. The van der Waals surface area contributed by atoms with Crippen LogP contribution in [-0.2, 0) is 11.2 Å². The van der Waals surface area contributed by atoms with Gasteiger partial charge in [0.2, 0.25) is 0 Å². The summed E-state index contributed by atoms with van der Waals surface area (Å²) < 4.78 is 36.9. The summed E-state index contributed by atoms with van der Waals surface area (Å²) in [5.74, 6) is -0.0260. The molecule has 0 bridgehead atoms. The van der Waals surface area contributed by atoms with Crippen LogP contribution in [0.1, 0.15) is 5.56 Å². The highest BCUT2D eigenvalue weighted by Crippen LogP contribution is 2.38. The Morgan fingerprint density at radius 3 is 2.47 bits per heavy atom. The molecule has 0 fully saturated rings. The molecule has 94 valence electrons. The summed E-state index contributed by atoms with van der Waals surface area (Å²) in [5.41, 5.74) is -3.62. The van der Waals surface area contributed by atoms with Gasteiger partial charge in [-0.2, -0.15) is 13.2 Å². The number of hydrogen-bond donors (Lipinski definition) is 0. The molecule has 1 aromatic rings. The van der Waals surface area contributed by atoms with Gasteiger partial charge in [-0.1, -0.05) is 37.9 Å². The van der Waals surface area contributed by atoms with Crippen molar-refractivity contribution in [3.05, 3.63) is 28.2 Å². The SMILES string of the molecule is O=C(CBr)Cc1ccc(SC(F)(F)F)cc1Br. The molecule has 0 saturated heterocycles. The van der Waals surface area contributed by atoms with Crippen LogP contribution in [0.5, 0.6) is 0 Å². The number of alkyl halides is 4. The molecule has 0 aliphatic heterocycles. The highest BCUT2D eigenvalue weighted by molar-refractivity contribution is 9.10. The molecule has 0 aromatic heterocycles. The molecular formula is C10H7Br2F3OS. The van der Waals surface area contributed by atoms with Gasteiger partial charge in [-0.15, -0.1) is 0 Å². The van der Waals surface area contributed by atoms with E-state index in [1.807, 2.05) is 0 Å². The molecule has 0 amide bonds. The Bertz CT molecular complexity index is 421. The van der Waals surface area contributed by atoms with Crippen LogP contribution in [0.3, 0.4) is 0 Å². The van der Waals surface area contributed by atoms with E-state index in [9.17, 15) is 18.0 Å². The van der Waals surface area contributed by atoms with Crippen molar-refractivity contribution >= 4 is 49.4 Å². The zero-order chi connectivity index (χ0) is 13.1. The van der Waals surface area contributed by atoms with Crippen molar-refractivity contribution < 1.29 is 18.0 Å². The smallest absolute Gasteiger partial charge is 0.298 e. The van der Waals surface area contributed by atoms with Gasteiger partial charge in [0, 0.05) is 15.8 Å². The summed E-state index contributed by atoms with van der Waals surface area (Å²) in [6, 6.07) is 4.26. The lowest BCUT2D eigenvalue weighted by molar-refractivity contribution is -0.115. The Labute approximate surface area is 117 Å². The molecule has 1 nitrogen and oxygen atoms in total. The average molecular weight is 392 g/mol. The number of ketones is 1. The first-order chi connectivity index (χ1) is 7.81. The minimum absolute atomic E-state index is 0.0260. The number of Topliss-reactive ketones (excluding diaryl/α,β-unsaturated/α-hetero) is 1. The van der Waals surface area contributed by atoms with Crippen LogP contribution in [0.4, 0.5) is 13.2 Å². The number of halogens is 5. The minimum atomic E-state index is -4.30. The first-order valence-corrected chi connectivity index (χ1v) is 7.17. The van der Waals surface area contributed by atoms with Crippen molar-refractivity contribution in [3.8, 4) is 0 Å². The van der Waals surface area contributed by atoms with Crippen molar-refractivity contribution in [2.45, 2.75) is 16.8 Å². The molecular weight excluding hydrogens is 385 g/mol. The molecule has 0 aliphatic carbocycles. The van der Waals surface area contributed by atoms with Crippen molar-refractivity contribution in [2.75, 3.05) is 5.33 Å². The van der Waals surface area contributed by atoms with E-state index < -0.39 is 5.51 Å². The standard InChI is InChI=1S/C10H7Br2F3OS/c11-5-7(16)3-6-1-2-8(4-9(6)12)17-10(13,14)15/h1-2,4H,3,5H2. The molecule has 0 radical (unpaired) electrons. The highest BCUT2D eigenvalue weighted by atomic mass is 79.9. The Morgan fingerprint density at radius 2 is 2.00 bits per heavy atom. The molecule has 0 unspecified atom stereocenters. The van der Waals surface area contributed by atoms with Gasteiger partial charge in [0.1, 0.15) is 5.78 Å². The lowest BCUT2D eigenvalue weighted by Gasteiger charge is -2.08. The predicted molar refractivity (Wildman–Crippen MR) is 68.6 cm³/mol. The van der Waals surface area contributed by atoms with Gasteiger partial charge < -0.3 is 0 Å². The van der Waals surface area contributed by atoms with E-state index in [-0.39, 0.29) is 34.2 Å². The van der Waals surface area contributed by atoms with Crippen LogP contribution in [0, 0.1) is 0 Å². The average Bonchev–Trinajstić information content (AvgIpc) is 2.19. The van der Waals surface area contributed by atoms with Gasteiger partial charge in [-0.3, -0.25) is 4.79 Å². The summed E-state index contributed by atoms with van der Waals surface area (Å²) in [7, 11) is 0. The van der Waals surface area contributed by atoms with Crippen LogP contribution in [0.15, 0.2) is 27.6 Å². The third kappa shape index (κ3) is 5.44. The van der Waals surface area contributed by atoms with Crippen molar-refractivity contribution in [2.24, 2.45) is 0 Å². The van der Waals surface area contributed by atoms with E-state index in [4.69, 9.17) is 0 Å². The van der Waals surface area contributed by atoms with Crippen LogP contribution in [0.25, 0.3) is 0 Å². The van der Waals surface area contributed by atoms with E-state index in [1.54, 1.807) is 0 Å². The zero-order valence-electron chi connectivity index (χ0n) is 8.35. The van der Waals surface area contributed by atoms with E-state index >= 15 is 0 Å². The molecule has 1 aromatic carbocycles. The molecule has 0 N–H and O–H groups in total. The summed E-state index contributed by atoms with van der Waals surface area (Å²) in [4.78, 5) is 11.3. The maximum atomic E-state index is 12.1. The van der Waals surface area contributed by atoms with Gasteiger partial charge in [-0.05, 0) is 29.5 Å². The second-order valence-electron chi connectivity index (χ2n) is 3.15. The van der Waals surface area contributed by atoms with E-state index in [0.29, 0.717) is 10.0 Å². The van der Waals surface area contributed by atoms with Gasteiger partial charge in [-0.25, -0.2) is 0 Å². The first kappa shape index (κ1) is 15.0. The maximum Gasteiger partial charge on any atom is 0.446 e. The minimum Gasteiger partial charge on any atom is -0.298 e. The first-order valence-electron chi connectivity index (χ1n) is 4.43. The third-order valence-corrected chi connectivity index (χ3v) is 3.88. The number of thioether (sulfide) groups is 1. The number of carbonyl (C=O) groups excluding carboxylic acids is 1. The molecule has 17 heavy (non-hydrogen) atoms. The van der Waals surface area contributed by atoms with Crippen LogP contribution in [0.2, 0.25) is 0 Å². The van der Waals surface area contributed by atoms with Gasteiger partial charge in [0.15, 0.2) is 0 Å². The third-order valence-electron chi connectivity index (χ3n) is 1.79. The van der Waals surface area contributed by atoms with Crippen molar-refractivity contribution in [3.63, 3.8) is 0 Å². The number of benzene rings is 1. The van der Waals surface area contributed by atoms with E-state index in [1.165, 1.54) is 18.2 Å². The lowest BCUT2D eigenvalue weighted by Crippen LogP contribution is -2.04. The quantitative estimate of drug-likeness (QED) is 0.552. The van der Waals surface area contributed by atoms with Crippen LogP contribution >= 0.6 is 43.6 Å². The Morgan fingerprint density at radius 1 is 1.35 bits per heavy atom. The summed E-state index contributed by atoms with van der Waals surface area (Å²) in [6.07, 6.45) is 0.197. The van der Waals surface area contributed by atoms with Gasteiger partial charge in [0.05, 0.1) is 5.33 Å². The Balaban J connectivity index is 2.83. The predicted octanol–water partition coefficient (Wildman–Crippen LogP) is 4.57. The van der Waals surface area contributed by atoms with Crippen molar-refractivity contribution in [1.29, 1.82) is 0 Å². The fraction of sp³-hybridized carbons (Fsp3) is 0.300.